The molecule has 1 aliphatic carbocycles. The fourth-order valence-electron chi connectivity index (χ4n) is 3.00. The van der Waals surface area contributed by atoms with Gasteiger partial charge in [0.25, 0.3) is 0 Å². The lowest BCUT2D eigenvalue weighted by molar-refractivity contribution is 0.555. The standard InChI is InChI=1S/C18H22N2/c1-2-19-18(15-9-4-3-5-10-15)17-13-12-14-8-6-7-11-16(14)20-17/h6-9,11-13,18-19H,2-5,10H2,1H3. The molecular formula is C18H22N2. The number of rotatable bonds is 4. The third-order valence-corrected chi connectivity index (χ3v) is 4.02. The largest absolute Gasteiger partial charge is 0.306 e. The van der Waals surface area contributed by atoms with Crippen molar-refractivity contribution in [3.63, 3.8) is 0 Å². The van der Waals surface area contributed by atoms with Crippen molar-refractivity contribution in [2.24, 2.45) is 0 Å². The van der Waals surface area contributed by atoms with Gasteiger partial charge in [-0.3, -0.25) is 4.98 Å². The van der Waals surface area contributed by atoms with Crippen molar-refractivity contribution < 1.29 is 0 Å². The molecule has 1 N–H and O–H groups in total. The smallest absolute Gasteiger partial charge is 0.0711 e. The van der Waals surface area contributed by atoms with E-state index in [-0.39, 0.29) is 6.04 Å². The zero-order valence-electron chi connectivity index (χ0n) is 12.1. The molecule has 104 valence electrons. The number of nitrogens with zero attached hydrogens (tertiary/aromatic N) is 1. The summed E-state index contributed by atoms with van der Waals surface area (Å²) in [4.78, 5) is 4.87. The first-order valence-corrected chi connectivity index (χ1v) is 7.66. The van der Waals surface area contributed by atoms with Gasteiger partial charge in [0.2, 0.25) is 0 Å². The minimum atomic E-state index is 0.282. The molecule has 3 rings (SSSR count). The van der Waals surface area contributed by atoms with E-state index in [0.717, 1.165) is 17.8 Å². The Morgan fingerprint density at radius 3 is 2.85 bits per heavy atom. The number of hydrogen-bond donors (Lipinski definition) is 1. The van der Waals surface area contributed by atoms with E-state index >= 15 is 0 Å². The summed E-state index contributed by atoms with van der Waals surface area (Å²) in [6, 6.07) is 13.0. The van der Waals surface area contributed by atoms with Gasteiger partial charge in [0, 0.05) is 5.39 Å². The maximum atomic E-state index is 4.87. The predicted octanol–water partition coefficient (Wildman–Crippen LogP) is 4.39. The Hall–Kier alpha value is -1.67. The number of pyridine rings is 1. The monoisotopic (exact) mass is 266 g/mol. The highest BCUT2D eigenvalue weighted by Crippen LogP contribution is 2.29. The first-order chi connectivity index (χ1) is 9.88. The van der Waals surface area contributed by atoms with Gasteiger partial charge in [-0.15, -0.1) is 0 Å². The number of hydrogen-bond acceptors (Lipinski definition) is 2. The van der Waals surface area contributed by atoms with Crippen LogP contribution in [-0.2, 0) is 0 Å². The van der Waals surface area contributed by atoms with Gasteiger partial charge < -0.3 is 5.32 Å². The van der Waals surface area contributed by atoms with Crippen LogP contribution < -0.4 is 5.32 Å². The van der Waals surface area contributed by atoms with Crippen LogP contribution in [0.4, 0.5) is 0 Å². The second-order valence-electron chi connectivity index (χ2n) is 5.44. The van der Waals surface area contributed by atoms with E-state index in [4.69, 9.17) is 4.98 Å². The molecule has 0 saturated heterocycles. The topological polar surface area (TPSA) is 24.9 Å². The third kappa shape index (κ3) is 2.75. The fraction of sp³-hybridized carbons (Fsp3) is 0.389. The van der Waals surface area contributed by atoms with Crippen LogP contribution in [-0.4, -0.2) is 11.5 Å². The SMILES string of the molecule is CCNC(C1=CCCCC1)c1ccc2ccccc2n1. The summed E-state index contributed by atoms with van der Waals surface area (Å²) in [6.07, 6.45) is 7.46. The second kappa shape index (κ2) is 6.19. The van der Waals surface area contributed by atoms with Gasteiger partial charge in [0.15, 0.2) is 0 Å². The average molecular weight is 266 g/mol. The van der Waals surface area contributed by atoms with Crippen LogP contribution in [0.5, 0.6) is 0 Å². The lowest BCUT2D eigenvalue weighted by Gasteiger charge is -2.24. The van der Waals surface area contributed by atoms with Crippen LogP contribution in [0.3, 0.4) is 0 Å². The van der Waals surface area contributed by atoms with Gasteiger partial charge in [-0.05, 0) is 44.4 Å². The molecule has 0 bridgehead atoms. The molecule has 1 heterocycles. The quantitative estimate of drug-likeness (QED) is 0.830. The number of nitrogens with one attached hydrogen (secondary N) is 1. The predicted molar refractivity (Wildman–Crippen MR) is 84.7 cm³/mol. The molecule has 0 spiro atoms. The van der Waals surface area contributed by atoms with E-state index in [0.29, 0.717) is 0 Å². The molecule has 1 aliphatic rings. The Labute approximate surface area is 120 Å². The van der Waals surface area contributed by atoms with E-state index in [1.807, 2.05) is 0 Å². The zero-order valence-corrected chi connectivity index (χ0v) is 12.1. The van der Waals surface area contributed by atoms with Gasteiger partial charge >= 0.3 is 0 Å². The first kappa shape index (κ1) is 13.3. The summed E-state index contributed by atoms with van der Waals surface area (Å²) >= 11 is 0. The molecule has 1 unspecified atom stereocenters. The van der Waals surface area contributed by atoms with Crippen LogP contribution >= 0.6 is 0 Å². The second-order valence-corrected chi connectivity index (χ2v) is 5.44. The maximum absolute atomic E-state index is 4.87. The van der Waals surface area contributed by atoms with Crippen LogP contribution in [0.15, 0.2) is 48.0 Å². The van der Waals surface area contributed by atoms with E-state index in [9.17, 15) is 0 Å². The van der Waals surface area contributed by atoms with Gasteiger partial charge in [-0.25, -0.2) is 0 Å². The number of fused-ring (bicyclic) bond motifs is 1. The number of para-hydroxylation sites is 1. The Kier molecular flexibility index (Phi) is 4.12. The number of allylic oxidation sites excluding steroid dienone is 1. The van der Waals surface area contributed by atoms with Gasteiger partial charge in [-0.1, -0.05) is 42.8 Å². The first-order valence-electron chi connectivity index (χ1n) is 7.66. The van der Waals surface area contributed by atoms with Crippen LogP contribution in [0, 0.1) is 0 Å². The molecule has 0 radical (unpaired) electrons. The molecule has 1 atom stereocenters. The molecule has 0 saturated carbocycles. The van der Waals surface area contributed by atoms with Crippen molar-refractivity contribution >= 4 is 10.9 Å². The van der Waals surface area contributed by atoms with Crippen molar-refractivity contribution in [1.82, 2.24) is 10.3 Å². The summed E-state index contributed by atoms with van der Waals surface area (Å²) in [5.41, 5.74) is 3.75. The van der Waals surface area contributed by atoms with E-state index in [2.05, 4.69) is 54.7 Å². The highest BCUT2D eigenvalue weighted by Gasteiger charge is 2.18. The fourth-order valence-corrected chi connectivity index (χ4v) is 3.00. The minimum absolute atomic E-state index is 0.282. The van der Waals surface area contributed by atoms with Crippen LogP contribution in [0.25, 0.3) is 10.9 Å². The summed E-state index contributed by atoms with van der Waals surface area (Å²) in [7, 11) is 0. The summed E-state index contributed by atoms with van der Waals surface area (Å²) < 4.78 is 0. The van der Waals surface area contributed by atoms with Gasteiger partial charge in [0.05, 0.1) is 17.3 Å². The van der Waals surface area contributed by atoms with Crippen molar-refractivity contribution in [2.45, 2.75) is 38.6 Å². The number of benzene rings is 1. The molecule has 0 aliphatic heterocycles. The number of aromatic nitrogens is 1. The molecular weight excluding hydrogens is 244 g/mol. The molecule has 0 fully saturated rings. The van der Waals surface area contributed by atoms with Crippen LogP contribution in [0.1, 0.15) is 44.3 Å². The zero-order chi connectivity index (χ0) is 13.8. The van der Waals surface area contributed by atoms with Gasteiger partial charge in [-0.2, -0.15) is 0 Å². The van der Waals surface area contributed by atoms with Gasteiger partial charge in [0.1, 0.15) is 0 Å². The molecule has 2 aromatic rings. The molecule has 2 nitrogen and oxygen atoms in total. The summed E-state index contributed by atoms with van der Waals surface area (Å²) in [5, 5.41) is 4.81. The molecule has 1 aromatic heterocycles. The molecule has 0 amide bonds. The maximum Gasteiger partial charge on any atom is 0.0711 e. The van der Waals surface area contributed by atoms with Crippen molar-refractivity contribution in [1.29, 1.82) is 0 Å². The van der Waals surface area contributed by atoms with Crippen LogP contribution in [0.2, 0.25) is 0 Å². The van der Waals surface area contributed by atoms with E-state index in [1.54, 1.807) is 0 Å². The highest BCUT2D eigenvalue weighted by molar-refractivity contribution is 5.78. The average Bonchev–Trinajstić information content (AvgIpc) is 2.53. The summed E-state index contributed by atoms with van der Waals surface area (Å²) in [5.74, 6) is 0. The Morgan fingerprint density at radius 2 is 2.05 bits per heavy atom. The lowest BCUT2D eigenvalue weighted by atomic mass is 9.91. The molecule has 1 aromatic carbocycles. The lowest BCUT2D eigenvalue weighted by Crippen LogP contribution is -2.24. The summed E-state index contributed by atoms with van der Waals surface area (Å²) in [6.45, 7) is 3.13. The number of likely N-dealkylation sites (N-methyl/N-ethyl adjacent to an activating group) is 1. The molecule has 20 heavy (non-hydrogen) atoms. The van der Waals surface area contributed by atoms with Crippen molar-refractivity contribution in [3.8, 4) is 0 Å². The molecule has 2 heteroatoms. The van der Waals surface area contributed by atoms with Crippen molar-refractivity contribution in [3.05, 3.63) is 53.7 Å². The normalized spacial score (nSPS) is 16.9. The Balaban J connectivity index is 1.97. The Morgan fingerprint density at radius 1 is 1.15 bits per heavy atom. The Bertz CT molecular complexity index is 616. The van der Waals surface area contributed by atoms with Crippen molar-refractivity contribution in [2.75, 3.05) is 6.54 Å². The van der Waals surface area contributed by atoms with E-state index in [1.165, 1.54) is 36.6 Å². The van der Waals surface area contributed by atoms with E-state index < -0.39 is 0 Å². The minimum Gasteiger partial charge on any atom is -0.306 e. The third-order valence-electron chi connectivity index (χ3n) is 4.02. The highest BCUT2D eigenvalue weighted by atomic mass is 14.9.